The summed E-state index contributed by atoms with van der Waals surface area (Å²) in [6, 6.07) is 11.5. The van der Waals surface area contributed by atoms with E-state index in [1.54, 1.807) is 6.07 Å². The van der Waals surface area contributed by atoms with E-state index in [-0.39, 0.29) is 5.91 Å². The van der Waals surface area contributed by atoms with Gasteiger partial charge in [-0.2, -0.15) is 0 Å². The lowest BCUT2D eigenvalue weighted by atomic mass is 9.74. The van der Waals surface area contributed by atoms with Crippen molar-refractivity contribution in [2.75, 3.05) is 18.9 Å². The summed E-state index contributed by atoms with van der Waals surface area (Å²) in [7, 11) is 2.20. The molecule has 0 radical (unpaired) electrons. The summed E-state index contributed by atoms with van der Waals surface area (Å²) in [5.41, 5.74) is 1.31. The number of aryl methyl sites for hydroxylation is 1. The predicted octanol–water partition coefficient (Wildman–Crippen LogP) is 2.88. The van der Waals surface area contributed by atoms with Gasteiger partial charge in [0.1, 0.15) is 11.8 Å². The number of benzene rings is 1. The summed E-state index contributed by atoms with van der Waals surface area (Å²) in [6.45, 7) is 2.78. The Bertz CT molecular complexity index is 769. The summed E-state index contributed by atoms with van der Waals surface area (Å²) in [5, 5.41) is 10.4. The molecule has 1 aromatic heterocycles. The number of amides is 1. The maximum Gasteiger partial charge on any atom is 0.247 e. The molecule has 0 bridgehead atoms. The van der Waals surface area contributed by atoms with Gasteiger partial charge in [-0.25, -0.2) is 0 Å². The van der Waals surface area contributed by atoms with Crippen LogP contribution in [-0.2, 0) is 4.79 Å². The van der Waals surface area contributed by atoms with Crippen molar-refractivity contribution < 1.29 is 9.32 Å². The molecule has 6 nitrogen and oxygen atoms in total. The van der Waals surface area contributed by atoms with Crippen LogP contribution in [-0.4, -0.2) is 41.1 Å². The highest BCUT2D eigenvalue weighted by atomic mass is 16.5. The lowest BCUT2D eigenvalue weighted by Gasteiger charge is -2.44. The molecule has 2 heterocycles. The highest BCUT2D eigenvalue weighted by molar-refractivity contribution is 5.94. The normalized spacial score (nSPS) is 22.9. The molecule has 2 unspecified atom stereocenters. The molecule has 1 aromatic carbocycles. The Morgan fingerprint density at radius 2 is 2.12 bits per heavy atom. The van der Waals surface area contributed by atoms with Crippen molar-refractivity contribution in [1.82, 2.24) is 15.4 Å². The SMILES string of the molecule is Cc1cc(NC(=O)C(NC2CN(C)C3(CCC3)C2)c2ccccc2)no1. The zero-order chi connectivity index (χ0) is 18.1. The van der Waals surface area contributed by atoms with Gasteiger partial charge in [0, 0.05) is 24.2 Å². The smallest absolute Gasteiger partial charge is 0.247 e. The molecule has 26 heavy (non-hydrogen) atoms. The third-order valence-electron chi connectivity index (χ3n) is 5.89. The molecule has 1 saturated carbocycles. The molecular weight excluding hydrogens is 328 g/mol. The third-order valence-corrected chi connectivity index (χ3v) is 5.89. The minimum absolute atomic E-state index is 0.110. The van der Waals surface area contributed by atoms with Crippen molar-refractivity contribution in [3.8, 4) is 0 Å². The maximum atomic E-state index is 13.0. The van der Waals surface area contributed by atoms with E-state index in [0.717, 1.165) is 18.5 Å². The van der Waals surface area contributed by atoms with E-state index in [2.05, 4.69) is 27.7 Å². The van der Waals surface area contributed by atoms with Crippen molar-refractivity contribution in [3.63, 3.8) is 0 Å². The number of nitrogens with one attached hydrogen (secondary N) is 2. The first-order valence-corrected chi connectivity index (χ1v) is 9.32. The van der Waals surface area contributed by atoms with Gasteiger partial charge in [0.25, 0.3) is 0 Å². The van der Waals surface area contributed by atoms with Crippen molar-refractivity contribution in [2.45, 2.75) is 50.2 Å². The number of likely N-dealkylation sites (N-methyl/N-ethyl adjacent to an activating group) is 1. The van der Waals surface area contributed by atoms with Crippen LogP contribution in [0.2, 0.25) is 0 Å². The van der Waals surface area contributed by atoms with Gasteiger partial charge in [-0.1, -0.05) is 35.5 Å². The molecule has 2 N–H and O–H groups in total. The van der Waals surface area contributed by atoms with E-state index in [9.17, 15) is 4.79 Å². The second-order valence-electron chi connectivity index (χ2n) is 7.68. The number of anilines is 1. The standard InChI is InChI=1S/C20H26N4O2/c1-14-11-17(23-26-14)22-19(25)18(15-7-4-3-5-8-15)21-16-12-20(9-6-10-20)24(2)13-16/h3-5,7-8,11,16,18,21H,6,9-10,12-13H2,1-2H3,(H,22,23,25). The Hall–Kier alpha value is -2.18. The number of likely N-dealkylation sites (tertiary alicyclic amines) is 1. The first-order valence-electron chi connectivity index (χ1n) is 9.32. The van der Waals surface area contributed by atoms with Gasteiger partial charge >= 0.3 is 0 Å². The Morgan fingerprint density at radius 3 is 2.69 bits per heavy atom. The van der Waals surface area contributed by atoms with E-state index >= 15 is 0 Å². The van der Waals surface area contributed by atoms with Crippen LogP contribution in [0.4, 0.5) is 5.82 Å². The molecule has 1 spiro atoms. The summed E-state index contributed by atoms with van der Waals surface area (Å²) < 4.78 is 5.06. The number of aromatic nitrogens is 1. The van der Waals surface area contributed by atoms with Gasteiger partial charge in [0.15, 0.2) is 5.82 Å². The highest BCUT2D eigenvalue weighted by Gasteiger charge is 2.48. The molecule has 2 aliphatic rings. The molecule has 138 valence electrons. The molecular formula is C20H26N4O2. The molecule has 2 aromatic rings. The highest BCUT2D eigenvalue weighted by Crippen LogP contribution is 2.44. The molecule has 4 rings (SSSR count). The van der Waals surface area contributed by atoms with Crippen LogP contribution < -0.4 is 10.6 Å². The van der Waals surface area contributed by atoms with Crippen LogP contribution in [0.25, 0.3) is 0 Å². The predicted molar refractivity (Wildman–Crippen MR) is 99.8 cm³/mol. The fourth-order valence-corrected chi connectivity index (χ4v) is 4.31. The molecule has 6 heteroatoms. The zero-order valence-electron chi connectivity index (χ0n) is 15.4. The molecule has 1 aliphatic carbocycles. The molecule has 2 atom stereocenters. The molecule has 1 aliphatic heterocycles. The van der Waals surface area contributed by atoms with Crippen LogP contribution >= 0.6 is 0 Å². The number of nitrogens with zero attached hydrogens (tertiary/aromatic N) is 2. The minimum Gasteiger partial charge on any atom is -0.360 e. The van der Waals surface area contributed by atoms with E-state index in [1.807, 2.05) is 37.3 Å². The maximum absolute atomic E-state index is 13.0. The zero-order valence-corrected chi connectivity index (χ0v) is 15.4. The Labute approximate surface area is 153 Å². The monoisotopic (exact) mass is 354 g/mol. The lowest BCUT2D eigenvalue weighted by molar-refractivity contribution is -0.118. The fourth-order valence-electron chi connectivity index (χ4n) is 4.31. The Morgan fingerprint density at radius 1 is 1.35 bits per heavy atom. The Balaban J connectivity index is 1.51. The van der Waals surface area contributed by atoms with Gasteiger partial charge in [0.05, 0.1) is 0 Å². The summed E-state index contributed by atoms with van der Waals surface area (Å²) in [5.74, 6) is 1.02. The number of hydrogen-bond acceptors (Lipinski definition) is 5. The number of carbonyl (C=O) groups excluding carboxylic acids is 1. The second kappa shape index (κ2) is 6.85. The minimum atomic E-state index is -0.415. The second-order valence-corrected chi connectivity index (χ2v) is 7.68. The van der Waals surface area contributed by atoms with Gasteiger partial charge < -0.3 is 9.84 Å². The van der Waals surface area contributed by atoms with Crippen molar-refractivity contribution in [2.24, 2.45) is 0 Å². The number of rotatable bonds is 5. The topological polar surface area (TPSA) is 70.4 Å². The Kier molecular flexibility index (Phi) is 4.54. The van der Waals surface area contributed by atoms with Gasteiger partial charge in [-0.15, -0.1) is 0 Å². The molecule has 1 saturated heterocycles. The van der Waals surface area contributed by atoms with Crippen molar-refractivity contribution in [3.05, 3.63) is 47.7 Å². The quantitative estimate of drug-likeness (QED) is 0.864. The van der Waals surface area contributed by atoms with Gasteiger partial charge in [0.2, 0.25) is 5.91 Å². The van der Waals surface area contributed by atoms with Crippen LogP contribution in [0.1, 0.15) is 43.0 Å². The van der Waals surface area contributed by atoms with Gasteiger partial charge in [-0.05, 0) is 45.2 Å². The average Bonchev–Trinajstić information content (AvgIpc) is 3.16. The van der Waals surface area contributed by atoms with Crippen LogP contribution in [0.5, 0.6) is 0 Å². The van der Waals surface area contributed by atoms with Crippen LogP contribution in [0.15, 0.2) is 40.9 Å². The summed E-state index contributed by atoms with van der Waals surface area (Å²) in [4.78, 5) is 15.4. The van der Waals surface area contributed by atoms with Crippen molar-refractivity contribution in [1.29, 1.82) is 0 Å². The fraction of sp³-hybridized carbons (Fsp3) is 0.500. The largest absolute Gasteiger partial charge is 0.360 e. The number of hydrogen-bond donors (Lipinski definition) is 2. The van der Waals surface area contributed by atoms with E-state index in [0.29, 0.717) is 23.2 Å². The van der Waals surface area contributed by atoms with Crippen LogP contribution in [0, 0.1) is 6.92 Å². The average molecular weight is 354 g/mol. The van der Waals surface area contributed by atoms with E-state index in [4.69, 9.17) is 4.52 Å². The van der Waals surface area contributed by atoms with Crippen LogP contribution in [0.3, 0.4) is 0 Å². The number of carbonyl (C=O) groups is 1. The molecule has 2 fully saturated rings. The summed E-state index contributed by atoms with van der Waals surface area (Å²) in [6.07, 6.45) is 4.94. The first kappa shape index (κ1) is 17.2. The third kappa shape index (κ3) is 3.27. The van der Waals surface area contributed by atoms with E-state index < -0.39 is 6.04 Å². The van der Waals surface area contributed by atoms with E-state index in [1.165, 1.54) is 19.3 Å². The summed E-state index contributed by atoms with van der Waals surface area (Å²) >= 11 is 0. The lowest BCUT2D eigenvalue weighted by Crippen LogP contribution is -2.47. The molecule has 1 amide bonds. The first-order chi connectivity index (χ1) is 12.6. The van der Waals surface area contributed by atoms with Crippen molar-refractivity contribution >= 4 is 11.7 Å². The van der Waals surface area contributed by atoms with Gasteiger partial charge in [-0.3, -0.25) is 15.0 Å².